The Hall–Kier alpha value is -1.56. The third-order valence-electron chi connectivity index (χ3n) is 3.82. The molecule has 2 amide bonds. The predicted molar refractivity (Wildman–Crippen MR) is 99.7 cm³/mol. The largest absolute Gasteiger partial charge is 0.324 e. The molecule has 2 aromatic carbocycles. The van der Waals surface area contributed by atoms with Crippen LogP contribution in [0.15, 0.2) is 46.9 Å². The summed E-state index contributed by atoms with van der Waals surface area (Å²) in [4.78, 5) is 26.3. The zero-order valence-corrected chi connectivity index (χ0v) is 15.5. The third-order valence-corrected chi connectivity index (χ3v) is 4.88. The summed E-state index contributed by atoms with van der Waals surface area (Å²) < 4.78 is 0.829. The smallest absolute Gasteiger partial charge is 0.229 e. The molecular formula is C17H13BrCl2N2O2. The van der Waals surface area contributed by atoms with Crippen molar-refractivity contribution in [1.29, 1.82) is 0 Å². The molecule has 1 N–H and O–H groups in total. The Morgan fingerprint density at radius 3 is 2.54 bits per heavy atom. The number of amides is 2. The van der Waals surface area contributed by atoms with Crippen molar-refractivity contribution < 1.29 is 9.59 Å². The predicted octanol–water partition coefficient (Wildman–Crippen LogP) is 4.75. The van der Waals surface area contributed by atoms with Gasteiger partial charge in [-0.05, 0) is 42.5 Å². The number of carbonyl (C=O) groups is 2. The minimum absolute atomic E-state index is 0.0839. The molecule has 3 rings (SSSR count). The Balaban J connectivity index is 1.70. The van der Waals surface area contributed by atoms with Crippen molar-refractivity contribution in [2.75, 3.05) is 16.8 Å². The second kappa shape index (κ2) is 7.13. The molecule has 0 aromatic heterocycles. The van der Waals surface area contributed by atoms with Crippen LogP contribution in [0.2, 0.25) is 10.0 Å². The molecule has 4 nitrogen and oxygen atoms in total. The highest BCUT2D eigenvalue weighted by molar-refractivity contribution is 9.10. The first-order valence-corrected chi connectivity index (χ1v) is 8.81. The van der Waals surface area contributed by atoms with E-state index in [1.165, 1.54) is 0 Å². The zero-order valence-electron chi connectivity index (χ0n) is 12.4. The van der Waals surface area contributed by atoms with Crippen LogP contribution >= 0.6 is 39.1 Å². The van der Waals surface area contributed by atoms with E-state index < -0.39 is 5.92 Å². The lowest BCUT2D eigenvalue weighted by Gasteiger charge is -2.17. The maximum atomic E-state index is 12.4. The van der Waals surface area contributed by atoms with E-state index in [1.54, 1.807) is 47.4 Å². The van der Waals surface area contributed by atoms with E-state index in [-0.39, 0.29) is 18.2 Å². The van der Waals surface area contributed by atoms with Crippen molar-refractivity contribution in [3.63, 3.8) is 0 Å². The fourth-order valence-electron chi connectivity index (χ4n) is 2.58. The number of benzene rings is 2. The summed E-state index contributed by atoms with van der Waals surface area (Å²) in [6, 6.07) is 12.2. The normalized spacial score (nSPS) is 17.2. The van der Waals surface area contributed by atoms with E-state index in [0.717, 1.165) is 10.2 Å². The maximum Gasteiger partial charge on any atom is 0.229 e. The first-order chi connectivity index (χ1) is 11.4. The van der Waals surface area contributed by atoms with Crippen LogP contribution < -0.4 is 10.2 Å². The van der Waals surface area contributed by atoms with Crippen molar-refractivity contribution in [3.8, 4) is 0 Å². The van der Waals surface area contributed by atoms with E-state index in [2.05, 4.69) is 21.2 Å². The van der Waals surface area contributed by atoms with Gasteiger partial charge in [0.1, 0.15) is 0 Å². The molecule has 24 heavy (non-hydrogen) atoms. The van der Waals surface area contributed by atoms with E-state index in [0.29, 0.717) is 22.3 Å². The molecule has 0 bridgehead atoms. The molecule has 1 atom stereocenters. The van der Waals surface area contributed by atoms with Crippen molar-refractivity contribution >= 4 is 62.3 Å². The Kier molecular flexibility index (Phi) is 5.13. The molecule has 124 valence electrons. The van der Waals surface area contributed by atoms with Gasteiger partial charge in [0, 0.05) is 28.1 Å². The Bertz CT molecular complexity index is 796. The second-order valence-electron chi connectivity index (χ2n) is 5.50. The number of nitrogens with one attached hydrogen (secondary N) is 1. The molecule has 1 unspecified atom stereocenters. The fraction of sp³-hybridized carbons (Fsp3) is 0.176. The van der Waals surface area contributed by atoms with Gasteiger partial charge < -0.3 is 10.2 Å². The molecule has 1 aliphatic rings. The van der Waals surface area contributed by atoms with Crippen LogP contribution in [-0.4, -0.2) is 18.4 Å². The molecule has 2 aromatic rings. The average molecular weight is 428 g/mol. The number of halogens is 3. The summed E-state index contributed by atoms with van der Waals surface area (Å²) >= 11 is 15.3. The van der Waals surface area contributed by atoms with Gasteiger partial charge in [0.25, 0.3) is 0 Å². The molecule has 0 spiro atoms. The van der Waals surface area contributed by atoms with Gasteiger partial charge in [-0.15, -0.1) is 0 Å². The van der Waals surface area contributed by atoms with Crippen LogP contribution in [0, 0.1) is 5.92 Å². The standard InChI is InChI=1S/C17H13BrCl2N2O2/c18-11-1-6-15(14(20)8-11)21-17(24)10-7-16(23)22(9-10)13-4-2-12(19)3-5-13/h1-6,8,10H,7,9H2,(H,21,24). The maximum absolute atomic E-state index is 12.4. The highest BCUT2D eigenvalue weighted by atomic mass is 79.9. The lowest BCUT2D eigenvalue weighted by Crippen LogP contribution is -2.28. The van der Waals surface area contributed by atoms with Gasteiger partial charge in [-0.1, -0.05) is 39.1 Å². The van der Waals surface area contributed by atoms with Gasteiger partial charge in [0.15, 0.2) is 0 Å². The molecule has 0 radical (unpaired) electrons. The molecular weight excluding hydrogens is 415 g/mol. The number of rotatable bonds is 3. The van der Waals surface area contributed by atoms with Crippen molar-refractivity contribution in [3.05, 3.63) is 57.0 Å². The quantitative estimate of drug-likeness (QED) is 0.768. The lowest BCUT2D eigenvalue weighted by atomic mass is 10.1. The molecule has 1 fully saturated rings. The third kappa shape index (κ3) is 3.74. The molecule has 7 heteroatoms. The summed E-state index contributed by atoms with van der Waals surface area (Å²) in [5, 5.41) is 3.83. The SMILES string of the molecule is O=C(Nc1ccc(Br)cc1Cl)C1CC(=O)N(c2ccc(Cl)cc2)C1. The molecule has 1 heterocycles. The molecule has 0 saturated carbocycles. The summed E-state index contributed by atoms with van der Waals surface area (Å²) in [7, 11) is 0. The lowest BCUT2D eigenvalue weighted by molar-refractivity contribution is -0.122. The van der Waals surface area contributed by atoms with Gasteiger partial charge in [-0.2, -0.15) is 0 Å². The van der Waals surface area contributed by atoms with Crippen LogP contribution in [0.5, 0.6) is 0 Å². The second-order valence-corrected chi connectivity index (χ2v) is 7.25. The van der Waals surface area contributed by atoms with Crippen LogP contribution in [0.25, 0.3) is 0 Å². The zero-order chi connectivity index (χ0) is 17.3. The minimum Gasteiger partial charge on any atom is -0.324 e. The number of anilines is 2. The highest BCUT2D eigenvalue weighted by Crippen LogP contribution is 2.29. The van der Waals surface area contributed by atoms with Gasteiger partial charge >= 0.3 is 0 Å². The first kappa shape index (κ1) is 17.3. The van der Waals surface area contributed by atoms with Crippen molar-refractivity contribution in [2.45, 2.75) is 6.42 Å². The Morgan fingerprint density at radius 2 is 1.88 bits per heavy atom. The highest BCUT2D eigenvalue weighted by Gasteiger charge is 2.35. The summed E-state index contributed by atoms with van der Waals surface area (Å²) in [6.45, 7) is 0.334. The molecule has 0 aliphatic carbocycles. The van der Waals surface area contributed by atoms with Crippen LogP contribution in [0.3, 0.4) is 0 Å². The van der Waals surface area contributed by atoms with Gasteiger partial charge in [0.05, 0.1) is 16.6 Å². The number of carbonyl (C=O) groups excluding carboxylic acids is 2. The van der Waals surface area contributed by atoms with E-state index in [9.17, 15) is 9.59 Å². The van der Waals surface area contributed by atoms with E-state index >= 15 is 0 Å². The Morgan fingerprint density at radius 1 is 1.17 bits per heavy atom. The van der Waals surface area contributed by atoms with Gasteiger partial charge in [-0.3, -0.25) is 9.59 Å². The Labute approximate surface area is 157 Å². The summed E-state index contributed by atoms with van der Waals surface area (Å²) in [6.07, 6.45) is 0.169. The number of nitrogens with zero attached hydrogens (tertiary/aromatic N) is 1. The number of hydrogen-bond donors (Lipinski definition) is 1. The van der Waals surface area contributed by atoms with Crippen LogP contribution in [-0.2, 0) is 9.59 Å². The van der Waals surface area contributed by atoms with Gasteiger partial charge in [0.2, 0.25) is 11.8 Å². The van der Waals surface area contributed by atoms with E-state index in [1.807, 2.05) is 0 Å². The topological polar surface area (TPSA) is 49.4 Å². The monoisotopic (exact) mass is 426 g/mol. The fourth-order valence-corrected chi connectivity index (χ4v) is 3.43. The van der Waals surface area contributed by atoms with Crippen LogP contribution in [0.4, 0.5) is 11.4 Å². The minimum atomic E-state index is -0.423. The average Bonchev–Trinajstić information content (AvgIpc) is 2.93. The first-order valence-electron chi connectivity index (χ1n) is 7.26. The van der Waals surface area contributed by atoms with Gasteiger partial charge in [-0.25, -0.2) is 0 Å². The van der Waals surface area contributed by atoms with Crippen molar-refractivity contribution in [1.82, 2.24) is 0 Å². The number of hydrogen-bond acceptors (Lipinski definition) is 2. The molecule has 1 saturated heterocycles. The summed E-state index contributed by atoms with van der Waals surface area (Å²) in [5.74, 6) is -0.726. The van der Waals surface area contributed by atoms with E-state index in [4.69, 9.17) is 23.2 Å². The summed E-state index contributed by atoms with van der Waals surface area (Å²) in [5.41, 5.74) is 1.27. The van der Waals surface area contributed by atoms with Crippen LogP contribution in [0.1, 0.15) is 6.42 Å². The molecule has 1 aliphatic heterocycles. The van der Waals surface area contributed by atoms with Crippen molar-refractivity contribution in [2.24, 2.45) is 5.92 Å².